The first-order valence-electron chi connectivity index (χ1n) is 10.9. The van der Waals surface area contributed by atoms with Gasteiger partial charge in [0.2, 0.25) is 0 Å². The maximum atomic E-state index is 5.52. The first-order chi connectivity index (χ1) is 15.9. The third-order valence-electron chi connectivity index (χ3n) is 5.64. The highest BCUT2D eigenvalue weighted by Crippen LogP contribution is 2.38. The summed E-state index contributed by atoms with van der Waals surface area (Å²) in [5, 5.41) is 14.3. The van der Waals surface area contributed by atoms with Gasteiger partial charge in [0.25, 0.3) is 0 Å². The SMILES string of the molecule is COc1cc2c(C)nnc(NC(C)c3ccc(-c4ccccc4CN(C)C)s3)c2cc1OC. The molecule has 0 amide bonds. The average molecular weight is 463 g/mol. The molecule has 6 nitrogen and oxygen atoms in total. The maximum absolute atomic E-state index is 5.52. The fourth-order valence-electron chi connectivity index (χ4n) is 3.96. The van der Waals surface area contributed by atoms with Crippen molar-refractivity contribution in [3.8, 4) is 21.9 Å². The van der Waals surface area contributed by atoms with Crippen LogP contribution >= 0.6 is 11.3 Å². The number of hydrogen-bond acceptors (Lipinski definition) is 7. The van der Waals surface area contributed by atoms with Crippen LogP contribution in [0.4, 0.5) is 5.82 Å². The Morgan fingerprint density at radius 3 is 2.36 bits per heavy atom. The molecule has 0 radical (unpaired) electrons. The smallest absolute Gasteiger partial charge is 0.161 e. The highest BCUT2D eigenvalue weighted by molar-refractivity contribution is 7.15. The van der Waals surface area contributed by atoms with Gasteiger partial charge in [0, 0.05) is 27.1 Å². The Kier molecular flexibility index (Phi) is 6.81. The molecular weight excluding hydrogens is 432 g/mol. The molecule has 0 aliphatic rings. The molecule has 0 saturated heterocycles. The molecule has 0 aliphatic heterocycles. The zero-order chi connectivity index (χ0) is 23.5. The molecule has 2 aromatic heterocycles. The van der Waals surface area contributed by atoms with E-state index in [-0.39, 0.29) is 6.04 Å². The second-order valence-electron chi connectivity index (χ2n) is 8.35. The van der Waals surface area contributed by atoms with Gasteiger partial charge < -0.3 is 19.7 Å². The first-order valence-corrected chi connectivity index (χ1v) is 11.7. The van der Waals surface area contributed by atoms with Gasteiger partial charge in [-0.25, -0.2) is 0 Å². The number of methoxy groups -OCH3 is 2. The van der Waals surface area contributed by atoms with Crippen LogP contribution in [0.1, 0.15) is 29.1 Å². The Morgan fingerprint density at radius 1 is 0.970 bits per heavy atom. The van der Waals surface area contributed by atoms with Crippen molar-refractivity contribution in [2.45, 2.75) is 26.4 Å². The first kappa shape index (κ1) is 23.0. The number of aryl methyl sites for hydroxylation is 1. The summed E-state index contributed by atoms with van der Waals surface area (Å²) in [6.45, 7) is 5.01. The summed E-state index contributed by atoms with van der Waals surface area (Å²) in [6.07, 6.45) is 0. The summed E-state index contributed by atoms with van der Waals surface area (Å²) in [6, 6.07) is 17.0. The Balaban J connectivity index is 1.65. The second kappa shape index (κ2) is 9.77. The van der Waals surface area contributed by atoms with Crippen LogP contribution in [0.5, 0.6) is 11.5 Å². The quantitative estimate of drug-likeness (QED) is 0.351. The van der Waals surface area contributed by atoms with E-state index in [1.54, 1.807) is 25.6 Å². The predicted molar refractivity (Wildman–Crippen MR) is 137 cm³/mol. The molecule has 1 atom stereocenters. The van der Waals surface area contributed by atoms with E-state index in [0.29, 0.717) is 11.5 Å². The molecule has 0 saturated carbocycles. The standard InChI is InChI=1S/C26H30N4O2S/c1-16-20-13-22(31-5)23(32-6)14-21(20)26(29-28-16)27-17(2)24-11-12-25(33-24)19-10-8-7-9-18(19)15-30(3)4/h7-14,17H,15H2,1-6H3,(H,27,29). The molecule has 1 N–H and O–H groups in total. The monoisotopic (exact) mass is 462 g/mol. The van der Waals surface area contributed by atoms with Crippen LogP contribution < -0.4 is 14.8 Å². The van der Waals surface area contributed by atoms with Gasteiger partial charge in [0.1, 0.15) is 0 Å². The summed E-state index contributed by atoms with van der Waals surface area (Å²) >= 11 is 1.80. The number of rotatable bonds is 8. The normalized spacial score (nSPS) is 12.2. The molecule has 7 heteroatoms. The molecule has 33 heavy (non-hydrogen) atoms. The summed E-state index contributed by atoms with van der Waals surface area (Å²) in [7, 11) is 7.47. The van der Waals surface area contributed by atoms with E-state index in [9.17, 15) is 0 Å². The topological polar surface area (TPSA) is 59.5 Å². The molecule has 172 valence electrons. The lowest BCUT2D eigenvalue weighted by molar-refractivity contribution is 0.356. The van der Waals surface area contributed by atoms with Gasteiger partial charge in [-0.1, -0.05) is 24.3 Å². The number of ether oxygens (including phenoxy) is 2. The number of fused-ring (bicyclic) bond motifs is 1. The van der Waals surface area contributed by atoms with E-state index in [1.165, 1.54) is 20.9 Å². The molecular formula is C26H30N4O2S. The molecule has 0 bridgehead atoms. The van der Waals surface area contributed by atoms with Crippen LogP contribution in [0.25, 0.3) is 21.2 Å². The highest BCUT2D eigenvalue weighted by atomic mass is 32.1. The molecule has 0 spiro atoms. The zero-order valence-corrected chi connectivity index (χ0v) is 20.8. The lowest BCUT2D eigenvalue weighted by Gasteiger charge is -2.17. The van der Waals surface area contributed by atoms with E-state index in [1.807, 2.05) is 19.1 Å². The second-order valence-corrected chi connectivity index (χ2v) is 9.47. The van der Waals surface area contributed by atoms with Crippen LogP contribution in [0, 0.1) is 6.92 Å². The fourth-order valence-corrected chi connectivity index (χ4v) is 5.03. The van der Waals surface area contributed by atoms with Gasteiger partial charge in [0.05, 0.1) is 26.0 Å². The minimum atomic E-state index is 0.0677. The Bertz CT molecular complexity index is 1270. The van der Waals surface area contributed by atoms with Crippen LogP contribution in [0.2, 0.25) is 0 Å². The van der Waals surface area contributed by atoms with Crippen molar-refractivity contribution in [2.24, 2.45) is 0 Å². The minimum Gasteiger partial charge on any atom is -0.493 e. The Hall–Kier alpha value is -3.16. The summed E-state index contributed by atoms with van der Waals surface area (Å²) in [4.78, 5) is 4.70. The molecule has 2 heterocycles. The lowest BCUT2D eigenvalue weighted by atomic mass is 10.1. The molecule has 0 aliphatic carbocycles. The third-order valence-corrected chi connectivity index (χ3v) is 6.95. The van der Waals surface area contributed by atoms with Gasteiger partial charge >= 0.3 is 0 Å². The van der Waals surface area contributed by atoms with Crippen molar-refractivity contribution in [1.29, 1.82) is 0 Å². The van der Waals surface area contributed by atoms with Crippen LogP contribution in [0.15, 0.2) is 48.5 Å². The van der Waals surface area contributed by atoms with Crippen molar-refractivity contribution in [3.05, 3.63) is 64.7 Å². The van der Waals surface area contributed by atoms with Crippen molar-refractivity contribution in [1.82, 2.24) is 15.1 Å². The maximum Gasteiger partial charge on any atom is 0.161 e. The number of aromatic nitrogens is 2. The predicted octanol–water partition coefficient (Wildman–Crippen LogP) is 5.92. The largest absolute Gasteiger partial charge is 0.493 e. The highest BCUT2D eigenvalue weighted by Gasteiger charge is 2.17. The number of anilines is 1. The fraction of sp³-hybridized carbons (Fsp3) is 0.308. The van der Waals surface area contributed by atoms with E-state index in [4.69, 9.17) is 9.47 Å². The number of hydrogen-bond donors (Lipinski definition) is 1. The molecule has 4 aromatic rings. The van der Waals surface area contributed by atoms with Crippen molar-refractivity contribution in [2.75, 3.05) is 33.6 Å². The van der Waals surface area contributed by atoms with Gasteiger partial charge in [-0.2, -0.15) is 5.10 Å². The van der Waals surface area contributed by atoms with E-state index < -0.39 is 0 Å². The van der Waals surface area contributed by atoms with Crippen molar-refractivity contribution < 1.29 is 9.47 Å². The van der Waals surface area contributed by atoms with E-state index >= 15 is 0 Å². The molecule has 4 rings (SSSR count). The lowest BCUT2D eigenvalue weighted by Crippen LogP contribution is -2.11. The van der Waals surface area contributed by atoms with Crippen molar-refractivity contribution >= 4 is 27.9 Å². The summed E-state index contributed by atoms with van der Waals surface area (Å²) in [5.41, 5.74) is 3.46. The minimum absolute atomic E-state index is 0.0677. The van der Waals surface area contributed by atoms with Gasteiger partial charge in [-0.3, -0.25) is 0 Å². The summed E-state index contributed by atoms with van der Waals surface area (Å²) in [5.74, 6) is 2.08. The molecule has 1 unspecified atom stereocenters. The van der Waals surface area contributed by atoms with Crippen LogP contribution in [-0.4, -0.2) is 43.4 Å². The van der Waals surface area contributed by atoms with E-state index in [2.05, 4.69) is 77.8 Å². The van der Waals surface area contributed by atoms with E-state index in [0.717, 1.165) is 28.8 Å². The molecule has 2 aromatic carbocycles. The Morgan fingerprint density at radius 2 is 1.67 bits per heavy atom. The van der Waals surface area contributed by atoms with Gasteiger partial charge in [-0.05, 0) is 63.3 Å². The van der Waals surface area contributed by atoms with Crippen LogP contribution in [-0.2, 0) is 6.54 Å². The Labute approximate surface area is 199 Å². The number of thiophene rings is 1. The van der Waals surface area contributed by atoms with Gasteiger partial charge in [0.15, 0.2) is 17.3 Å². The van der Waals surface area contributed by atoms with Crippen molar-refractivity contribution in [3.63, 3.8) is 0 Å². The number of nitrogens with zero attached hydrogens (tertiary/aromatic N) is 3. The third kappa shape index (κ3) is 4.79. The van der Waals surface area contributed by atoms with Crippen LogP contribution in [0.3, 0.4) is 0 Å². The number of nitrogens with one attached hydrogen (secondary N) is 1. The molecule has 0 fully saturated rings. The average Bonchev–Trinajstić information content (AvgIpc) is 3.30. The van der Waals surface area contributed by atoms with Gasteiger partial charge in [-0.15, -0.1) is 16.4 Å². The zero-order valence-electron chi connectivity index (χ0n) is 20.0. The number of benzene rings is 2. The summed E-state index contributed by atoms with van der Waals surface area (Å²) < 4.78 is 11.0.